The summed E-state index contributed by atoms with van der Waals surface area (Å²) in [6, 6.07) is 9.35. The highest BCUT2D eigenvalue weighted by Gasteiger charge is 2.24. The van der Waals surface area contributed by atoms with Gasteiger partial charge >= 0.3 is 0 Å². The molecule has 0 fully saturated rings. The van der Waals surface area contributed by atoms with Crippen LogP contribution in [0.1, 0.15) is 10.4 Å². The van der Waals surface area contributed by atoms with Gasteiger partial charge in [-0.15, -0.1) is 0 Å². The Morgan fingerprint density at radius 2 is 1.73 bits per heavy atom. The molecule has 0 bridgehead atoms. The molecule has 0 aliphatic carbocycles. The second-order valence-corrected chi connectivity index (χ2v) is 10.0. The van der Waals surface area contributed by atoms with Crippen molar-refractivity contribution in [3.63, 3.8) is 0 Å². The zero-order valence-corrected chi connectivity index (χ0v) is 19.7. The van der Waals surface area contributed by atoms with Crippen molar-refractivity contribution >= 4 is 42.6 Å². The lowest BCUT2D eigenvalue weighted by atomic mass is 10.2. The zero-order chi connectivity index (χ0) is 23.4. The summed E-state index contributed by atoms with van der Waals surface area (Å²) in [5, 5.41) is 3.17. The smallest absolute Gasteiger partial charge is 0.257 e. The van der Waals surface area contributed by atoms with Crippen molar-refractivity contribution in [1.82, 2.24) is 9.29 Å². The van der Waals surface area contributed by atoms with Gasteiger partial charge in [-0.25, -0.2) is 13.4 Å². The van der Waals surface area contributed by atoms with E-state index in [1.54, 1.807) is 6.07 Å². The molecule has 12 heteroatoms. The van der Waals surface area contributed by atoms with Crippen molar-refractivity contribution in [2.45, 2.75) is 4.90 Å². The van der Waals surface area contributed by atoms with E-state index in [1.807, 2.05) is 6.07 Å². The Bertz CT molecular complexity index is 1190. The van der Waals surface area contributed by atoms with Gasteiger partial charge < -0.3 is 18.9 Å². The molecule has 0 unspecified atom stereocenters. The van der Waals surface area contributed by atoms with Crippen LogP contribution in [-0.4, -0.2) is 70.9 Å². The molecule has 4 rings (SSSR count). The van der Waals surface area contributed by atoms with Gasteiger partial charge in [0.15, 0.2) is 16.6 Å². The summed E-state index contributed by atoms with van der Waals surface area (Å²) in [5.74, 6) is 0.868. The predicted octanol–water partition coefficient (Wildman–Crippen LogP) is 2.56. The number of amides is 1. The number of rotatable bonds is 10. The highest BCUT2D eigenvalue weighted by atomic mass is 32.2. The van der Waals surface area contributed by atoms with Crippen LogP contribution in [-0.2, 0) is 19.5 Å². The molecular formula is C21H23N3O7S2. The third kappa shape index (κ3) is 5.09. The highest BCUT2D eigenvalue weighted by molar-refractivity contribution is 7.89. The number of methoxy groups -OCH3 is 2. The number of hydrogen-bond acceptors (Lipinski definition) is 9. The Hall–Kier alpha value is -2.77. The summed E-state index contributed by atoms with van der Waals surface area (Å²) in [7, 11) is -0.745. The maximum absolute atomic E-state index is 13.0. The number of carbonyl (C=O) groups is 1. The second kappa shape index (κ2) is 10.0. The molecule has 33 heavy (non-hydrogen) atoms. The highest BCUT2D eigenvalue weighted by Crippen LogP contribution is 2.39. The number of ether oxygens (including phenoxy) is 4. The molecule has 1 amide bonds. The molecule has 0 spiro atoms. The number of nitrogens with one attached hydrogen (secondary N) is 1. The number of anilines is 1. The molecule has 176 valence electrons. The fraction of sp³-hybridized carbons (Fsp3) is 0.333. The predicted molar refractivity (Wildman–Crippen MR) is 123 cm³/mol. The molecule has 10 nitrogen and oxygen atoms in total. The molecule has 0 saturated heterocycles. The van der Waals surface area contributed by atoms with E-state index in [0.29, 0.717) is 27.7 Å². The molecule has 0 atom stereocenters. The van der Waals surface area contributed by atoms with Gasteiger partial charge in [0.25, 0.3) is 5.91 Å². The minimum atomic E-state index is -3.76. The van der Waals surface area contributed by atoms with Crippen LogP contribution in [0.4, 0.5) is 5.13 Å². The molecule has 0 radical (unpaired) electrons. The maximum Gasteiger partial charge on any atom is 0.257 e. The van der Waals surface area contributed by atoms with E-state index >= 15 is 0 Å². The number of thiazole rings is 1. The number of carbonyl (C=O) groups excluding carboxylic acids is 1. The number of aromatic nitrogens is 1. The Kier molecular flexibility index (Phi) is 7.10. The minimum absolute atomic E-state index is 0.0840. The lowest BCUT2D eigenvalue weighted by molar-refractivity contribution is 0.102. The normalized spacial score (nSPS) is 13.1. The Labute approximate surface area is 195 Å². The topological polar surface area (TPSA) is 116 Å². The summed E-state index contributed by atoms with van der Waals surface area (Å²) in [4.78, 5) is 17.2. The molecular weight excluding hydrogens is 470 g/mol. The second-order valence-electron chi connectivity index (χ2n) is 7.06. The van der Waals surface area contributed by atoms with E-state index in [0.717, 1.165) is 4.70 Å². The molecule has 2 aromatic carbocycles. The van der Waals surface area contributed by atoms with Crippen LogP contribution >= 0.6 is 11.3 Å². The number of fused-ring (bicyclic) bond motifs is 2. The van der Waals surface area contributed by atoms with Gasteiger partial charge in [0.05, 0.1) is 28.3 Å². The van der Waals surface area contributed by atoms with Crippen molar-refractivity contribution in [3.8, 4) is 11.5 Å². The zero-order valence-electron chi connectivity index (χ0n) is 18.1. The van der Waals surface area contributed by atoms with Crippen molar-refractivity contribution in [2.24, 2.45) is 0 Å². The fourth-order valence-electron chi connectivity index (χ4n) is 3.21. The van der Waals surface area contributed by atoms with Gasteiger partial charge in [0.2, 0.25) is 16.8 Å². The van der Waals surface area contributed by atoms with Gasteiger partial charge in [0.1, 0.15) is 0 Å². The summed E-state index contributed by atoms with van der Waals surface area (Å²) in [6.45, 7) is 1.08. The first-order valence-electron chi connectivity index (χ1n) is 10.0. The van der Waals surface area contributed by atoms with E-state index in [9.17, 15) is 13.2 Å². The van der Waals surface area contributed by atoms with Gasteiger partial charge in [-0.05, 0) is 24.3 Å². The van der Waals surface area contributed by atoms with E-state index in [2.05, 4.69) is 10.3 Å². The van der Waals surface area contributed by atoms with Crippen molar-refractivity contribution in [2.75, 3.05) is 52.6 Å². The average Bonchev–Trinajstić information content (AvgIpc) is 3.42. The number of sulfonamides is 1. The largest absolute Gasteiger partial charge is 0.454 e. The van der Waals surface area contributed by atoms with Crippen LogP contribution in [0, 0.1) is 0 Å². The van der Waals surface area contributed by atoms with Crippen molar-refractivity contribution < 1.29 is 32.2 Å². The monoisotopic (exact) mass is 493 g/mol. The molecule has 1 aromatic heterocycles. The van der Waals surface area contributed by atoms with Gasteiger partial charge in [0, 0.05) is 45.0 Å². The Morgan fingerprint density at radius 1 is 1.09 bits per heavy atom. The number of nitrogens with zero attached hydrogens (tertiary/aromatic N) is 2. The summed E-state index contributed by atoms with van der Waals surface area (Å²) < 4.78 is 48.9. The lowest BCUT2D eigenvalue weighted by Gasteiger charge is -2.21. The molecule has 1 N–H and O–H groups in total. The van der Waals surface area contributed by atoms with E-state index in [4.69, 9.17) is 18.9 Å². The third-order valence-corrected chi connectivity index (χ3v) is 7.79. The van der Waals surface area contributed by atoms with Crippen molar-refractivity contribution in [3.05, 3.63) is 42.0 Å². The van der Waals surface area contributed by atoms with E-state index in [-0.39, 0.29) is 38.0 Å². The SMILES string of the molecule is COCCN(CCOC)S(=O)(=O)c1ccc(C(=O)Nc2nc3cc4c(cc3s2)OCO4)cc1. The first-order chi connectivity index (χ1) is 15.9. The maximum atomic E-state index is 13.0. The van der Waals surface area contributed by atoms with Crippen LogP contribution in [0.5, 0.6) is 11.5 Å². The van der Waals surface area contributed by atoms with Crippen LogP contribution in [0.25, 0.3) is 10.2 Å². The van der Waals surface area contributed by atoms with Crippen LogP contribution in [0.3, 0.4) is 0 Å². The Morgan fingerprint density at radius 3 is 2.36 bits per heavy atom. The first kappa shape index (κ1) is 23.4. The number of hydrogen-bond donors (Lipinski definition) is 1. The average molecular weight is 494 g/mol. The molecule has 3 aromatic rings. The quantitative estimate of drug-likeness (QED) is 0.458. The number of benzene rings is 2. The lowest BCUT2D eigenvalue weighted by Crippen LogP contribution is -2.36. The molecule has 2 heterocycles. The van der Waals surface area contributed by atoms with E-state index in [1.165, 1.54) is 54.1 Å². The third-order valence-electron chi connectivity index (χ3n) is 4.95. The van der Waals surface area contributed by atoms with Gasteiger partial charge in [-0.2, -0.15) is 4.31 Å². The summed E-state index contributed by atoms with van der Waals surface area (Å²) >= 11 is 1.31. The molecule has 1 aliphatic heterocycles. The van der Waals surface area contributed by atoms with Crippen LogP contribution < -0.4 is 14.8 Å². The minimum Gasteiger partial charge on any atom is -0.454 e. The van der Waals surface area contributed by atoms with Gasteiger partial charge in [-0.1, -0.05) is 11.3 Å². The van der Waals surface area contributed by atoms with Crippen LogP contribution in [0.2, 0.25) is 0 Å². The van der Waals surface area contributed by atoms with E-state index < -0.39 is 15.9 Å². The fourth-order valence-corrected chi connectivity index (χ4v) is 5.49. The molecule has 0 saturated carbocycles. The van der Waals surface area contributed by atoms with Crippen LogP contribution in [0.15, 0.2) is 41.3 Å². The van der Waals surface area contributed by atoms with Gasteiger partial charge in [-0.3, -0.25) is 10.1 Å². The summed E-state index contributed by atoms with van der Waals surface area (Å²) in [5.41, 5.74) is 0.996. The standard InChI is InChI=1S/C21H23N3O7S2/c1-28-9-7-24(8-10-29-2)33(26,27)15-5-3-14(4-6-15)20(25)23-21-22-16-11-17-18(31-13-30-17)12-19(16)32-21/h3-6,11-12H,7-10,13H2,1-2H3,(H,22,23,25). The molecule has 1 aliphatic rings. The summed E-state index contributed by atoms with van der Waals surface area (Å²) in [6.07, 6.45) is 0. The Balaban J connectivity index is 1.48. The first-order valence-corrected chi connectivity index (χ1v) is 12.3. The van der Waals surface area contributed by atoms with Crippen molar-refractivity contribution in [1.29, 1.82) is 0 Å².